The third-order valence-corrected chi connectivity index (χ3v) is 2.36. The van der Waals surface area contributed by atoms with Gasteiger partial charge in [0.15, 0.2) is 0 Å². The van der Waals surface area contributed by atoms with E-state index in [0.717, 1.165) is 12.8 Å². The summed E-state index contributed by atoms with van der Waals surface area (Å²) in [6.45, 7) is 1.77. The summed E-state index contributed by atoms with van der Waals surface area (Å²) in [5.41, 5.74) is 1.30. The molecule has 94 valence electrons. The maximum absolute atomic E-state index is 11.3. The Kier molecular flexibility index (Phi) is 6.82. The molecule has 4 nitrogen and oxygen atoms in total. The van der Waals surface area contributed by atoms with Crippen LogP contribution in [0.1, 0.15) is 12.0 Å². The van der Waals surface area contributed by atoms with E-state index in [1.165, 1.54) is 5.56 Å². The second-order valence-electron chi connectivity index (χ2n) is 3.76. The largest absolute Gasteiger partial charge is 0.383 e. The molecule has 2 N–H and O–H groups in total. The first-order valence-corrected chi connectivity index (χ1v) is 5.87. The summed E-state index contributed by atoms with van der Waals surface area (Å²) >= 11 is 0. The Bertz CT molecular complexity index is 314. The van der Waals surface area contributed by atoms with Gasteiger partial charge >= 0.3 is 6.03 Å². The molecule has 0 bridgehead atoms. The molecule has 0 aliphatic heterocycles. The van der Waals surface area contributed by atoms with Crippen LogP contribution in [0.5, 0.6) is 0 Å². The lowest BCUT2D eigenvalue weighted by molar-refractivity contribution is 0.196. The van der Waals surface area contributed by atoms with Gasteiger partial charge in [-0.05, 0) is 18.4 Å². The number of benzene rings is 1. The number of carbonyl (C=O) groups excluding carboxylic acids is 1. The van der Waals surface area contributed by atoms with Crippen molar-refractivity contribution in [3.63, 3.8) is 0 Å². The number of hydrogen-bond acceptors (Lipinski definition) is 2. The number of nitrogens with one attached hydrogen (secondary N) is 2. The van der Waals surface area contributed by atoms with Gasteiger partial charge in [0.25, 0.3) is 0 Å². The standard InChI is InChI=1S/C13H20N2O2/c1-17-11-10-15-13(16)14-9-5-8-12-6-3-2-4-7-12/h2-4,6-7H,5,8-11H2,1H3,(H2,14,15,16). The molecular formula is C13H20N2O2. The van der Waals surface area contributed by atoms with E-state index in [1.54, 1.807) is 7.11 Å². The first-order valence-electron chi connectivity index (χ1n) is 5.87. The molecular weight excluding hydrogens is 216 g/mol. The second-order valence-corrected chi connectivity index (χ2v) is 3.76. The summed E-state index contributed by atoms with van der Waals surface area (Å²) in [5, 5.41) is 5.51. The van der Waals surface area contributed by atoms with Crippen LogP contribution in [0.15, 0.2) is 30.3 Å². The zero-order valence-corrected chi connectivity index (χ0v) is 10.2. The molecule has 0 atom stereocenters. The molecule has 0 unspecified atom stereocenters. The molecule has 0 aliphatic rings. The highest BCUT2D eigenvalue weighted by Crippen LogP contribution is 2.01. The number of rotatable bonds is 7. The highest BCUT2D eigenvalue weighted by Gasteiger charge is 1.98. The van der Waals surface area contributed by atoms with Crippen molar-refractivity contribution >= 4 is 6.03 Å². The number of carbonyl (C=O) groups is 1. The first kappa shape index (κ1) is 13.5. The van der Waals surface area contributed by atoms with E-state index in [9.17, 15) is 4.79 Å². The lowest BCUT2D eigenvalue weighted by atomic mass is 10.1. The van der Waals surface area contributed by atoms with Gasteiger partial charge < -0.3 is 15.4 Å². The molecule has 0 saturated heterocycles. The molecule has 4 heteroatoms. The molecule has 17 heavy (non-hydrogen) atoms. The van der Waals surface area contributed by atoms with Crippen LogP contribution in [0, 0.1) is 0 Å². The molecule has 0 fully saturated rings. The third kappa shape index (κ3) is 6.58. The van der Waals surface area contributed by atoms with E-state index in [0.29, 0.717) is 19.7 Å². The average molecular weight is 236 g/mol. The number of methoxy groups -OCH3 is 1. The molecule has 0 spiro atoms. The molecule has 0 radical (unpaired) electrons. The van der Waals surface area contributed by atoms with Crippen molar-refractivity contribution in [3.05, 3.63) is 35.9 Å². The number of ether oxygens (including phenoxy) is 1. The summed E-state index contributed by atoms with van der Waals surface area (Å²) in [6, 6.07) is 10.1. The Balaban J connectivity index is 2.02. The summed E-state index contributed by atoms with van der Waals surface area (Å²) in [4.78, 5) is 11.3. The van der Waals surface area contributed by atoms with E-state index in [1.807, 2.05) is 18.2 Å². The van der Waals surface area contributed by atoms with Crippen molar-refractivity contribution in [1.29, 1.82) is 0 Å². The smallest absolute Gasteiger partial charge is 0.314 e. The van der Waals surface area contributed by atoms with Crippen LogP contribution < -0.4 is 10.6 Å². The monoisotopic (exact) mass is 236 g/mol. The van der Waals surface area contributed by atoms with Crippen LogP contribution in [0.4, 0.5) is 4.79 Å². The van der Waals surface area contributed by atoms with Crippen molar-refractivity contribution in [2.24, 2.45) is 0 Å². The Hall–Kier alpha value is -1.55. The van der Waals surface area contributed by atoms with Gasteiger partial charge in [0, 0.05) is 20.2 Å². The molecule has 0 aromatic heterocycles. The Labute approximate surface area is 102 Å². The van der Waals surface area contributed by atoms with E-state index >= 15 is 0 Å². The fraction of sp³-hybridized carbons (Fsp3) is 0.462. The topological polar surface area (TPSA) is 50.4 Å². The second kappa shape index (κ2) is 8.58. The molecule has 0 aliphatic carbocycles. The number of aryl methyl sites for hydroxylation is 1. The van der Waals surface area contributed by atoms with Crippen LogP contribution in [0.2, 0.25) is 0 Å². The molecule has 1 rings (SSSR count). The van der Waals surface area contributed by atoms with E-state index < -0.39 is 0 Å². The lowest BCUT2D eigenvalue weighted by Crippen LogP contribution is -2.37. The normalized spacial score (nSPS) is 9.94. The Morgan fingerprint density at radius 1 is 1.18 bits per heavy atom. The third-order valence-electron chi connectivity index (χ3n) is 2.36. The van der Waals surface area contributed by atoms with Crippen molar-refractivity contribution in [2.45, 2.75) is 12.8 Å². The molecule has 0 saturated carbocycles. The summed E-state index contributed by atoms with van der Waals surface area (Å²) in [6.07, 6.45) is 1.93. The predicted molar refractivity (Wildman–Crippen MR) is 68.0 cm³/mol. The van der Waals surface area contributed by atoms with Crippen LogP contribution in [0.25, 0.3) is 0 Å². The van der Waals surface area contributed by atoms with E-state index in [-0.39, 0.29) is 6.03 Å². The zero-order valence-electron chi connectivity index (χ0n) is 10.2. The van der Waals surface area contributed by atoms with Crippen LogP contribution in [0.3, 0.4) is 0 Å². The van der Waals surface area contributed by atoms with Crippen LogP contribution >= 0.6 is 0 Å². The number of urea groups is 1. The Morgan fingerprint density at radius 2 is 1.88 bits per heavy atom. The van der Waals surface area contributed by atoms with Crippen molar-refractivity contribution < 1.29 is 9.53 Å². The van der Waals surface area contributed by atoms with Gasteiger partial charge in [0.1, 0.15) is 0 Å². The van der Waals surface area contributed by atoms with E-state index in [4.69, 9.17) is 4.74 Å². The predicted octanol–water partition coefficient (Wildman–Crippen LogP) is 1.56. The van der Waals surface area contributed by atoms with Crippen molar-refractivity contribution in [1.82, 2.24) is 10.6 Å². The van der Waals surface area contributed by atoms with Crippen molar-refractivity contribution in [2.75, 3.05) is 26.8 Å². The minimum Gasteiger partial charge on any atom is -0.383 e. The summed E-state index contributed by atoms with van der Waals surface area (Å²) < 4.78 is 4.83. The summed E-state index contributed by atoms with van der Waals surface area (Å²) in [7, 11) is 1.61. The summed E-state index contributed by atoms with van der Waals surface area (Å²) in [5.74, 6) is 0. The molecule has 1 aromatic carbocycles. The molecule has 2 amide bonds. The maximum Gasteiger partial charge on any atom is 0.314 e. The SMILES string of the molecule is COCCNC(=O)NCCCc1ccccc1. The minimum atomic E-state index is -0.130. The highest BCUT2D eigenvalue weighted by molar-refractivity contribution is 5.73. The molecule has 1 aromatic rings. The zero-order chi connectivity index (χ0) is 12.3. The highest BCUT2D eigenvalue weighted by atomic mass is 16.5. The van der Waals surface area contributed by atoms with Gasteiger partial charge in [0.05, 0.1) is 6.61 Å². The van der Waals surface area contributed by atoms with Crippen LogP contribution in [-0.4, -0.2) is 32.8 Å². The van der Waals surface area contributed by atoms with Gasteiger partial charge in [-0.25, -0.2) is 4.79 Å². The number of amides is 2. The van der Waals surface area contributed by atoms with Crippen molar-refractivity contribution in [3.8, 4) is 0 Å². The van der Waals surface area contributed by atoms with Gasteiger partial charge in [-0.2, -0.15) is 0 Å². The maximum atomic E-state index is 11.3. The minimum absolute atomic E-state index is 0.130. The first-order chi connectivity index (χ1) is 8.33. The fourth-order valence-corrected chi connectivity index (χ4v) is 1.47. The van der Waals surface area contributed by atoms with Gasteiger partial charge in [-0.3, -0.25) is 0 Å². The van der Waals surface area contributed by atoms with Gasteiger partial charge in [-0.1, -0.05) is 30.3 Å². The Morgan fingerprint density at radius 3 is 2.59 bits per heavy atom. The lowest BCUT2D eigenvalue weighted by Gasteiger charge is -2.07. The average Bonchev–Trinajstić information content (AvgIpc) is 2.36. The quantitative estimate of drug-likeness (QED) is 0.706. The fourth-order valence-electron chi connectivity index (χ4n) is 1.47. The number of hydrogen-bond donors (Lipinski definition) is 2. The van der Waals surface area contributed by atoms with Gasteiger partial charge in [0.2, 0.25) is 0 Å². The van der Waals surface area contributed by atoms with Crippen LogP contribution in [-0.2, 0) is 11.2 Å². The molecule has 0 heterocycles. The van der Waals surface area contributed by atoms with E-state index in [2.05, 4.69) is 22.8 Å². The van der Waals surface area contributed by atoms with Gasteiger partial charge in [-0.15, -0.1) is 0 Å².